The van der Waals surface area contributed by atoms with Crippen LogP contribution in [0.2, 0.25) is 0 Å². The quantitative estimate of drug-likeness (QED) is 0.851. The first kappa shape index (κ1) is 14.3. The van der Waals surface area contributed by atoms with Crippen molar-refractivity contribution >= 4 is 9.84 Å². The monoisotopic (exact) mass is 293 g/mol. The second-order valence-corrected chi connectivity index (χ2v) is 6.95. The van der Waals surface area contributed by atoms with Crippen molar-refractivity contribution in [3.8, 4) is 0 Å². The first-order chi connectivity index (χ1) is 8.67. The van der Waals surface area contributed by atoms with Crippen LogP contribution in [0.5, 0.6) is 0 Å². The topological polar surface area (TPSA) is 60.2 Å². The Labute approximate surface area is 109 Å². The smallest absolute Gasteiger partial charge is 0.181 e. The Morgan fingerprint density at radius 3 is 2.16 bits per heavy atom. The first-order valence-corrected chi connectivity index (χ1v) is 7.73. The van der Waals surface area contributed by atoms with E-state index in [4.69, 9.17) is 5.73 Å². The molecule has 1 fully saturated rings. The molecule has 1 aliphatic carbocycles. The number of rotatable bonds is 2. The summed E-state index contributed by atoms with van der Waals surface area (Å²) in [7, 11) is -4.18. The van der Waals surface area contributed by atoms with Gasteiger partial charge in [0, 0.05) is 17.4 Å². The third kappa shape index (κ3) is 2.36. The van der Waals surface area contributed by atoms with Crippen molar-refractivity contribution < 1.29 is 21.6 Å². The molecule has 2 N–H and O–H groups in total. The summed E-state index contributed by atoms with van der Waals surface area (Å²) in [6.45, 7) is 0. The van der Waals surface area contributed by atoms with Crippen LogP contribution in [0.25, 0.3) is 0 Å². The minimum atomic E-state index is -4.18. The van der Waals surface area contributed by atoms with E-state index >= 15 is 0 Å². The van der Waals surface area contributed by atoms with Crippen LogP contribution in [0.15, 0.2) is 11.0 Å². The summed E-state index contributed by atoms with van der Waals surface area (Å²) in [5.41, 5.74) is 4.55. The highest BCUT2D eigenvalue weighted by atomic mass is 32.2. The summed E-state index contributed by atoms with van der Waals surface area (Å²) in [5, 5.41) is 0. The molecule has 1 aromatic rings. The van der Waals surface area contributed by atoms with E-state index in [1.807, 2.05) is 0 Å². The number of nitrogens with two attached hydrogens (primary N) is 1. The molecular formula is C12H14F3NO2S. The summed E-state index contributed by atoms with van der Waals surface area (Å²) >= 11 is 0. The van der Waals surface area contributed by atoms with E-state index in [-0.39, 0.29) is 5.56 Å². The lowest BCUT2D eigenvalue weighted by Crippen LogP contribution is -2.35. The van der Waals surface area contributed by atoms with Crippen molar-refractivity contribution in [2.24, 2.45) is 5.73 Å². The minimum Gasteiger partial charge on any atom is -0.321 e. The lowest BCUT2D eigenvalue weighted by atomic mass is 9.89. The van der Waals surface area contributed by atoms with E-state index in [1.165, 1.54) is 0 Å². The third-order valence-corrected chi connectivity index (χ3v) is 4.64. The predicted molar refractivity (Wildman–Crippen MR) is 63.8 cm³/mol. The van der Waals surface area contributed by atoms with Gasteiger partial charge in [-0.25, -0.2) is 21.6 Å². The zero-order valence-electron chi connectivity index (χ0n) is 10.3. The highest BCUT2D eigenvalue weighted by Gasteiger charge is 2.37. The molecule has 0 atom stereocenters. The van der Waals surface area contributed by atoms with Crippen LogP contribution in [0.3, 0.4) is 0 Å². The van der Waals surface area contributed by atoms with E-state index in [0.717, 1.165) is 12.8 Å². The summed E-state index contributed by atoms with van der Waals surface area (Å²) in [5.74, 6) is -4.35. The molecule has 0 radical (unpaired) electrons. The Hall–Kier alpha value is -1.08. The molecule has 1 aromatic carbocycles. The molecule has 19 heavy (non-hydrogen) atoms. The molecule has 0 spiro atoms. The second kappa shape index (κ2) is 4.49. The van der Waals surface area contributed by atoms with E-state index in [9.17, 15) is 21.6 Å². The minimum absolute atomic E-state index is 0.285. The number of halogens is 3. The van der Waals surface area contributed by atoms with E-state index in [0.29, 0.717) is 25.2 Å². The van der Waals surface area contributed by atoms with Crippen molar-refractivity contribution in [3.63, 3.8) is 0 Å². The van der Waals surface area contributed by atoms with Crippen molar-refractivity contribution in [2.45, 2.75) is 36.1 Å². The van der Waals surface area contributed by atoms with Gasteiger partial charge in [0.1, 0.15) is 10.7 Å². The van der Waals surface area contributed by atoms with Crippen molar-refractivity contribution in [1.29, 1.82) is 0 Å². The van der Waals surface area contributed by atoms with Crippen LogP contribution in [0, 0.1) is 17.5 Å². The molecule has 0 heterocycles. The van der Waals surface area contributed by atoms with Gasteiger partial charge in [-0.3, -0.25) is 0 Å². The Balaban J connectivity index is 2.69. The summed E-state index contributed by atoms with van der Waals surface area (Å²) in [4.78, 5) is -1.24. The molecule has 2 rings (SSSR count). The van der Waals surface area contributed by atoms with Crippen LogP contribution in [0.1, 0.15) is 31.2 Å². The maximum atomic E-state index is 14.0. The molecule has 0 bridgehead atoms. The molecule has 3 nitrogen and oxygen atoms in total. The Morgan fingerprint density at radius 1 is 1.16 bits per heavy atom. The molecule has 1 saturated carbocycles. The van der Waals surface area contributed by atoms with Gasteiger partial charge in [-0.1, -0.05) is 12.8 Å². The van der Waals surface area contributed by atoms with Crippen LogP contribution in [-0.2, 0) is 15.4 Å². The van der Waals surface area contributed by atoms with Gasteiger partial charge in [-0.05, 0) is 18.9 Å². The summed E-state index contributed by atoms with van der Waals surface area (Å²) in [6.07, 6.45) is 2.95. The van der Waals surface area contributed by atoms with Crippen molar-refractivity contribution in [3.05, 3.63) is 29.1 Å². The van der Waals surface area contributed by atoms with Crippen LogP contribution < -0.4 is 5.73 Å². The van der Waals surface area contributed by atoms with Gasteiger partial charge in [0.05, 0.1) is 0 Å². The van der Waals surface area contributed by atoms with Gasteiger partial charge in [-0.2, -0.15) is 0 Å². The average Bonchev–Trinajstić information content (AvgIpc) is 2.70. The number of hydrogen-bond donors (Lipinski definition) is 1. The van der Waals surface area contributed by atoms with E-state index in [2.05, 4.69) is 0 Å². The van der Waals surface area contributed by atoms with Crippen LogP contribution in [0.4, 0.5) is 13.2 Å². The maximum absolute atomic E-state index is 14.0. The molecule has 0 amide bonds. The zero-order valence-corrected chi connectivity index (χ0v) is 11.2. The van der Waals surface area contributed by atoms with Gasteiger partial charge in [0.25, 0.3) is 0 Å². The van der Waals surface area contributed by atoms with Gasteiger partial charge in [0.15, 0.2) is 21.5 Å². The molecular weight excluding hydrogens is 279 g/mol. The highest BCUT2D eigenvalue weighted by Crippen LogP contribution is 2.39. The second-order valence-electron chi connectivity index (χ2n) is 5.00. The Morgan fingerprint density at radius 2 is 1.68 bits per heavy atom. The normalized spacial score (nSPS) is 18.8. The van der Waals surface area contributed by atoms with E-state index < -0.39 is 37.7 Å². The number of benzene rings is 1. The van der Waals surface area contributed by atoms with Gasteiger partial charge >= 0.3 is 0 Å². The molecule has 7 heteroatoms. The number of hydrogen-bond acceptors (Lipinski definition) is 3. The molecule has 0 unspecified atom stereocenters. The van der Waals surface area contributed by atoms with Crippen molar-refractivity contribution in [2.75, 3.05) is 6.26 Å². The largest absolute Gasteiger partial charge is 0.321 e. The summed E-state index contributed by atoms with van der Waals surface area (Å²) < 4.78 is 64.1. The molecule has 0 saturated heterocycles. The van der Waals surface area contributed by atoms with Crippen LogP contribution in [-0.4, -0.2) is 14.7 Å². The average molecular weight is 293 g/mol. The SMILES string of the molecule is CS(=O)(=O)c1c(F)cc(C2(N)CCCC2)c(F)c1F. The first-order valence-electron chi connectivity index (χ1n) is 5.84. The maximum Gasteiger partial charge on any atom is 0.181 e. The van der Waals surface area contributed by atoms with Crippen LogP contribution >= 0.6 is 0 Å². The van der Waals surface area contributed by atoms with Gasteiger partial charge in [0.2, 0.25) is 0 Å². The number of sulfone groups is 1. The Kier molecular flexibility index (Phi) is 3.38. The van der Waals surface area contributed by atoms with Crippen molar-refractivity contribution in [1.82, 2.24) is 0 Å². The lowest BCUT2D eigenvalue weighted by Gasteiger charge is -2.25. The highest BCUT2D eigenvalue weighted by molar-refractivity contribution is 7.90. The lowest BCUT2D eigenvalue weighted by molar-refractivity contribution is 0.393. The summed E-state index contributed by atoms with van der Waals surface area (Å²) in [6, 6.07) is 0.708. The van der Waals surface area contributed by atoms with Gasteiger partial charge < -0.3 is 5.73 Å². The molecule has 106 valence electrons. The fourth-order valence-corrected chi connectivity index (χ4v) is 3.38. The van der Waals surface area contributed by atoms with E-state index in [1.54, 1.807) is 0 Å². The molecule has 0 aromatic heterocycles. The predicted octanol–water partition coefficient (Wildman–Crippen LogP) is 2.24. The fraction of sp³-hybridized carbons (Fsp3) is 0.500. The third-order valence-electron chi connectivity index (χ3n) is 3.52. The zero-order chi connectivity index (χ0) is 14.4. The molecule has 1 aliphatic rings. The fourth-order valence-electron chi connectivity index (χ4n) is 2.56. The standard InChI is InChI=1S/C12H14F3NO2S/c1-19(17,18)11-8(13)6-7(9(14)10(11)15)12(16)4-2-3-5-12/h6H,2-5,16H2,1H3. The Bertz CT molecular complexity index is 622. The van der Waals surface area contributed by atoms with Gasteiger partial charge in [-0.15, -0.1) is 0 Å². The molecule has 0 aliphatic heterocycles.